The van der Waals surface area contributed by atoms with Gasteiger partial charge in [0.05, 0.1) is 0 Å². The van der Waals surface area contributed by atoms with Gasteiger partial charge in [0.15, 0.2) is 0 Å². The number of hydrogen-bond donors (Lipinski definition) is 1. The van der Waals surface area contributed by atoms with Crippen molar-refractivity contribution in [2.75, 3.05) is 5.88 Å². The van der Waals surface area contributed by atoms with Crippen LogP contribution in [0.5, 0.6) is 0 Å². The Kier molecular flexibility index (Phi) is 5.94. The SMILES string of the molecule is CC/C(=C\CCCCl)C(=O)O. The Balaban J connectivity index is 3.81. The van der Waals surface area contributed by atoms with E-state index in [0.717, 1.165) is 12.8 Å². The van der Waals surface area contributed by atoms with Crippen molar-refractivity contribution in [3.63, 3.8) is 0 Å². The van der Waals surface area contributed by atoms with E-state index in [-0.39, 0.29) is 0 Å². The maximum absolute atomic E-state index is 10.4. The van der Waals surface area contributed by atoms with Crippen LogP contribution in [-0.2, 0) is 4.79 Å². The van der Waals surface area contributed by atoms with Crippen molar-refractivity contribution < 1.29 is 9.90 Å². The lowest BCUT2D eigenvalue weighted by atomic mass is 10.1. The van der Waals surface area contributed by atoms with Gasteiger partial charge in [-0.3, -0.25) is 0 Å². The number of carboxylic acids is 1. The summed E-state index contributed by atoms with van der Waals surface area (Å²) in [4.78, 5) is 10.4. The number of hydrogen-bond acceptors (Lipinski definition) is 1. The van der Waals surface area contributed by atoms with E-state index < -0.39 is 5.97 Å². The summed E-state index contributed by atoms with van der Waals surface area (Å²) < 4.78 is 0. The Labute approximate surface area is 71.9 Å². The van der Waals surface area contributed by atoms with Crippen LogP contribution >= 0.6 is 11.6 Å². The third kappa shape index (κ3) is 4.85. The molecule has 0 aromatic heterocycles. The van der Waals surface area contributed by atoms with E-state index in [9.17, 15) is 4.79 Å². The van der Waals surface area contributed by atoms with E-state index in [1.54, 1.807) is 6.08 Å². The van der Waals surface area contributed by atoms with E-state index in [2.05, 4.69) is 0 Å². The second kappa shape index (κ2) is 6.23. The monoisotopic (exact) mass is 176 g/mol. The summed E-state index contributed by atoms with van der Waals surface area (Å²) in [5.41, 5.74) is 0.482. The minimum atomic E-state index is -0.818. The van der Waals surface area contributed by atoms with Crippen LogP contribution in [0.4, 0.5) is 0 Å². The van der Waals surface area contributed by atoms with Crippen LogP contribution in [0.3, 0.4) is 0 Å². The summed E-state index contributed by atoms with van der Waals surface area (Å²) in [5.74, 6) is -0.227. The van der Waals surface area contributed by atoms with E-state index in [4.69, 9.17) is 16.7 Å². The first-order chi connectivity index (χ1) is 5.22. The zero-order chi connectivity index (χ0) is 8.69. The molecule has 0 aliphatic rings. The molecule has 0 heterocycles. The molecule has 2 nitrogen and oxygen atoms in total. The number of rotatable bonds is 5. The largest absolute Gasteiger partial charge is 0.478 e. The Morgan fingerprint density at radius 1 is 1.64 bits per heavy atom. The number of aliphatic carboxylic acids is 1. The lowest BCUT2D eigenvalue weighted by Gasteiger charge is -1.95. The lowest BCUT2D eigenvalue weighted by molar-refractivity contribution is -0.132. The standard InChI is InChI=1S/C8H13ClO2/c1-2-7(8(10)11)5-3-4-6-9/h5H,2-4,6H2,1H3,(H,10,11)/b7-5+. The number of alkyl halides is 1. The van der Waals surface area contributed by atoms with E-state index in [1.165, 1.54) is 0 Å². The van der Waals surface area contributed by atoms with Crippen molar-refractivity contribution in [1.82, 2.24) is 0 Å². The fourth-order valence-corrected chi connectivity index (χ4v) is 0.891. The highest BCUT2D eigenvalue weighted by atomic mass is 35.5. The molecule has 11 heavy (non-hydrogen) atoms. The molecule has 0 radical (unpaired) electrons. The number of carbonyl (C=O) groups is 1. The van der Waals surface area contributed by atoms with Gasteiger partial charge in [0.25, 0.3) is 0 Å². The van der Waals surface area contributed by atoms with E-state index >= 15 is 0 Å². The quantitative estimate of drug-likeness (QED) is 0.397. The van der Waals surface area contributed by atoms with E-state index in [0.29, 0.717) is 17.9 Å². The van der Waals surface area contributed by atoms with Gasteiger partial charge in [0, 0.05) is 11.5 Å². The molecule has 0 saturated heterocycles. The number of unbranched alkanes of at least 4 members (excludes halogenated alkanes) is 1. The number of carboxylic acid groups (broad SMARTS) is 1. The molecule has 0 saturated carbocycles. The maximum atomic E-state index is 10.4. The minimum absolute atomic E-state index is 0.482. The summed E-state index contributed by atoms with van der Waals surface area (Å²) >= 11 is 5.43. The predicted octanol–water partition coefficient (Wildman–Crippen LogP) is 2.43. The Bertz CT molecular complexity index is 152. The molecular formula is C8H13ClO2. The summed E-state index contributed by atoms with van der Waals surface area (Å²) in [7, 11) is 0. The zero-order valence-electron chi connectivity index (χ0n) is 6.64. The van der Waals surface area contributed by atoms with Gasteiger partial charge >= 0.3 is 5.97 Å². The van der Waals surface area contributed by atoms with Gasteiger partial charge in [0.1, 0.15) is 0 Å². The number of halogens is 1. The average Bonchev–Trinajstić information content (AvgIpc) is 1.97. The third-order valence-electron chi connectivity index (χ3n) is 1.38. The average molecular weight is 177 g/mol. The van der Waals surface area contributed by atoms with Crippen molar-refractivity contribution in [1.29, 1.82) is 0 Å². The van der Waals surface area contributed by atoms with Crippen LogP contribution in [0.2, 0.25) is 0 Å². The molecule has 3 heteroatoms. The molecule has 0 aromatic carbocycles. The molecule has 0 spiro atoms. The van der Waals surface area contributed by atoms with Crippen LogP contribution in [0, 0.1) is 0 Å². The highest BCUT2D eigenvalue weighted by molar-refractivity contribution is 6.17. The fraction of sp³-hybridized carbons (Fsp3) is 0.625. The Morgan fingerprint density at radius 2 is 2.27 bits per heavy atom. The van der Waals surface area contributed by atoms with Crippen molar-refractivity contribution in [3.05, 3.63) is 11.6 Å². The normalized spacial score (nSPS) is 11.6. The van der Waals surface area contributed by atoms with E-state index in [1.807, 2.05) is 6.92 Å². The summed E-state index contributed by atoms with van der Waals surface area (Å²) in [6.07, 6.45) is 3.93. The topological polar surface area (TPSA) is 37.3 Å². The fourth-order valence-electron chi connectivity index (χ4n) is 0.736. The molecule has 0 aliphatic heterocycles. The molecule has 0 fully saturated rings. The second-order valence-electron chi connectivity index (χ2n) is 2.22. The van der Waals surface area contributed by atoms with Crippen molar-refractivity contribution in [2.24, 2.45) is 0 Å². The number of allylic oxidation sites excluding steroid dienone is 1. The van der Waals surface area contributed by atoms with Gasteiger partial charge in [-0.15, -0.1) is 11.6 Å². The third-order valence-corrected chi connectivity index (χ3v) is 1.65. The lowest BCUT2D eigenvalue weighted by Crippen LogP contribution is -1.98. The van der Waals surface area contributed by atoms with Crippen molar-refractivity contribution in [3.8, 4) is 0 Å². The summed E-state index contributed by atoms with van der Waals surface area (Å²) in [6.45, 7) is 1.83. The molecule has 0 amide bonds. The highest BCUT2D eigenvalue weighted by Crippen LogP contribution is 2.04. The first-order valence-electron chi connectivity index (χ1n) is 3.70. The summed E-state index contributed by atoms with van der Waals surface area (Å²) in [5, 5.41) is 8.57. The predicted molar refractivity (Wildman–Crippen MR) is 46.0 cm³/mol. The van der Waals surface area contributed by atoms with Crippen LogP contribution in [-0.4, -0.2) is 17.0 Å². The second-order valence-corrected chi connectivity index (χ2v) is 2.60. The first kappa shape index (κ1) is 10.5. The molecule has 64 valence electrons. The van der Waals surface area contributed by atoms with Crippen LogP contribution in [0.1, 0.15) is 26.2 Å². The van der Waals surface area contributed by atoms with Gasteiger partial charge in [0.2, 0.25) is 0 Å². The van der Waals surface area contributed by atoms with Crippen LogP contribution in [0.15, 0.2) is 11.6 Å². The van der Waals surface area contributed by atoms with Crippen LogP contribution < -0.4 is 0 Å². The van der Waals surface area contributed by atoms with Crippen molar-refractivity contribution in [2.45, 2.75) is 26.2 Å². The summed E-state index contributed by atoms with van der Waals surface area (Å²) in [6, 6.07) is 0. The molecule has 1 N–H and O–H groups in total. The smallest absolute Gasteiger partial charge is 0.331 e. The molecule has 0 atom stereocenters. The minimum Gasteiger partial charge on any atom is -0.478 e. The zero-order valence-corrected chi connectivity index (χ0v) is 7.40. The van der Waals surface area contributed by atoms with Gasteiger partial charge < -0.3 is 5.11 Å². The van der Waals surface area contributed by atoms with Gasteiger partial charge in [-0.1, -0.05) is 13.0 Å². The Morgan fingerprint density at radius 3 is 2.64 bits per heavy atom. The molecular weight excluding hydrogens is 164 g/mol. The van der Waals surface area contributed by atoms with Crippen LogP contribution in [0.25, 0.3) is 0 Å². The molecule has 0 unspecified atom stereocenters. The Hall–Kier alpha value is -0.500. The maximum Gasteiger partial charge on any atom is 0.331 e. The molecule has 0 aliphatic carbocycles. The van der Waals surface area contributed by atoms with Gasteiger partial charge in [-0.25, -0.2) is 4.79 Å². The van der Waals surface area contributed by atoms with Gasteiger partial charge in [-0.2, -0.15) is 0 Å². The highest BCUT2D eigenvalue weighted by Gasteiger charge is 2.01. The molecule has 0 bridgehead atoms. The molecule has 0 aromatic rings. The first-order valence-corrected chi connectivity index (χ1v) is 4.24. The van der Waals surface area contributed by atoms with Crippen molar-refractivity contribution >= 4 is 17.6 Å². The molecule has 0 rings (SSSR count). The van der Waals surface area contributed by atoms with Gasteiger partial charge in [-0.05, 0) is 19.3 Å².